The van der Waals surface area contributed by atoms with Gasteiger partial charge in [0.15, 0.2) is 0 Å². The molecular weight excluding hydrogens is 436 g/mol. The van der Waals surface area contributed by atoms with Gasteiger partial charge in [0.05, 0.1) is 14.2 Å². The zero-order chi connectivity index (χ0) is 24.5. The first-order valence-electron chi connectivity index (χ1n) is 11.3. The highest BCUT2D eigenvalue weighted by Gasteiger charge is 2.27. The Morgan fingerprint density at radius 1 is 1.00 bits per heavy atom. The van der Waals surface area contributed by atoms with E-state index in [4.69, 9.17) is 9.47 Å². The lowest BCUT2D eigenvalue weighted by Gasteiger charge is -2.33. The summed E-state index contributed by atoms with van der Waals surface area (Å²) in [5, 5.41) is 8.66. The number of piperidine rings is 1. The third kappa shape index (κ3) is 7.13. The van der Waals surface area contributed by atoms with E-state index in [2.05, 4.69) is 16.0 Å². The summed E-state index contributed by atoms with van der Waals surface area (Å²) in [6.45, 7) is 2.42. The summed E-state index contributed by atoms with van der Waals surface area (Å²) in [6, 6.07) is 13.7. The fourth-order valence-electron chi connectivity index (χ4n) is 3.92. The topological polar surface area (TPSA) is 109 Å². The molecule has 1 aliphatic heterocycles. The van der Waals surface area contributed by atoms with E-state index in [-0.39, 0.29) is 23.9 Å². The van der Waals surface area contributed by atoms with Gasteiger partial charge >= 0.3 is 6.03 Å². The van der Waals surface area contributed by atoms with E-state index in [9.17, 15) is 14.4 Å². The summed E-state index contributed by atoms with van der Waals surface area (Å²) in [4.78, 5) is 39.0. The maximum atomic E-state index is 13.0. The highest BCUT2D eigenvalue weighted by atomic mass is 16.5. The van der Waals surface area contributed by atoms with Crippen LogP contribution < -0.4 is 25.4 Å². The van der Waals surface area contributed by atoms with Gasteiger partial charge in [0.2, 0.25) is 11.8 Å². The minimum absolute atomic E-state index is 0.0741. The van der Waals surface area contributed by atoms with E-state index in [0.717, 1.165) is 5.56 Å². The molecule has 9 nitrogen and oxygen atoms in total. The second-order valence-electron chi connectivity index (χ2n) is 8.24. The quantitative estimate of drug-likeness (QED) is 0.552. The Labute approximate surface area is 199 Å². The lowest BCUT2D eigenvalue weighted by Crippen LogP contribution is -2.53. The number of likely N-dealkylation sites (tertiary alicyclic amines) is 1. The fraction of sp³-hybridized carbons (Fsp3) is 0.400. The van der Waals surface area contributed by atoms with Gasteiger partial charge in [0, 0.05) is 44.2 Å². The number of anilines is 1. The van der Waals surface area contributed by atoms with Crippen LogP contribution >= 0.6 is 0 Å². The molecule has 1 heterocycles. The number of nitrogens with zero attached hydrogens (tertiary/aromatic N) is 1. The number of carbonyl (C=O) groups excluding carboxylic acids is 3. The molecule has 0 unspecified atom stereocenters. The van der Waals surface area contributed by atoms with Crippen LogP contribution in [0.4, 0.5) is 10.5 Å². The van der Waals surface area contributed by atoms with Crippen molar-refractivity contribution < 1.29 is 23.9 Å². The monoisotopic (exact) mass is 468 g/mol. The van der Waals surface area contributed by atoms with Crippen LogP contribution in [0.15, 0.2) is 48.5 Å². The van der Waals surface area contributed by atoms with Gasteiger partial charge < -0.3 is 30.3 Å². The van der Waals surface area contributed by atoms with Crippen molar-refractivity contribution in [2.24, 2.45) is 0 Å². The molecule has 34 heavy (non-hydrogen) atoms. The number of ether oxygens (including phenoxy) is 2. The predicted molar refractivity (Wildman–Crippen MR) is 129 cm³/mol. The number of urea groups is 1. The van der Waals surface area contributed by atoms with Gasteiger partial charge in [-0.25, -0.2) is 4.79 Å². The zero-order valence-corrected chi connectivity index (χ0v) is 19.8. The molecule has 182 valence electrons. The largest absolute Gasteiger partial charge is 0.497 e. The van der Waals surface area contributed by atoms with E-state index in [1.807, 2.05) is 36.4 Å². The normalized spacial score (nSPS) is 14.6. The van der Waals surface area contributed by atoms with Crippen molar-refractivity contribution in [3.8, 4) is 11.5 Å². The van der Waals surface area contributed by atoms with Crippen molar-refractivity contribution in [3.63, 3.8) is 0 Å². The van der Waals surface area contributed by atoms with Crippen molar-refractivity contribution >= 4 is 23.5 Å². The first kappa shape index (κ1) is 24.9. The Hall–Kier alpha value is -3.75. The Morgan fingerprint density at radius 3 is 2.29 bits per heavy atom. The van der Waals surface area contributed by atoms with Crippen LogP contribution in [0, 0.1) is 0 Å². The minimum atomic E-state index is -0.695. The number of methoxy groups -OCH3 is 2. The average Bonchev–Trinajstić information content (AvgIpc) is 2.84. The Balaban J connectivity index is 1.52. The maximum Gasteiger partial charge on any atom is 0.321 e. The van der Waals surface area contributed by atoms with Gasteiger partial charge in [0.25, 0.3) is 0 Å². The van der Waals surface area contributed by atoms with Crippen molar-refractivity contribution in [3.05, 3.63) is 54.1 Å². The minimum Gasteiger partial charge on any atom is -0.497 e. The van der Waals surface area contributed by atoms with Crippen LogP contribution in [-0.2, 0) is 16.0 Å². The zero-order valence-electron chi connectivity index (χ0n) is 19.8. The Kier molecular flexibility index (Phi) is 8.73. The maximum absolute atomic E-state index is 13.0. The predicted octanol–water partition coefficient (Wildman–Crippen LogP) is 2.56. The Morgan fingerprint density at radius 2 is 1.65 bits per heavy atom. The molecule has 0 aromatic heterocycles. The first-order valence-corrected chi connectivity index (χ1v) is 11.3. The van der Waals surface area contributed by atoms with E-state index in [1.54, 1.807) is 31.3 Å². The van der Waals surface area contributed by atoms with E-state index >= 15 is 0 Å². The van der Waals surface area contributed by atoms with Crippen molar-refractivity contribution in [2.75, 3.05) is 32.6 Å². The summed E-state index contributed by atoms with van der Waals surface area (Å²) in [5.74, 6) is 0.852. The summed E-state index contributed by atoms with van der Waals surface area (Å²) in [7, 11) is 3.16. The van der Waals surface area contributed by atoms with Crippen molar-refractivity contribution in [1.82, 2.24) is 15.5 Å². The van der Waals surface area contributed by atoms with Crippen LogP contribution in [-0.4, -0.2) is 62.1 Å². The number of nitrogens with one attached hydrogen (secondary N) is 3. The third-order valence-corrected chi connectivity index (χ3v) is 5.72. The number of amides is 4. The first-order chi connectivity index (χ1) is 16.4. The molecular formula is C25H32N4O5. The van der Waals surface area contributed by atoms with Gasteiger partial charge in [-0.15, -0.1) is 0 Å². The molecule has 2 aromatic carbocycles. The molecule has 2 aromatic rings. The van der Waals surface area contributed by atoms with Crippen LogP contribution in [0.5, 0.6) is 11.5 Å². The van der Waals surface area contributed by atoms with Gasteiger partial charge in [0.1, 0.15) is 17.5 Å². The molecule has 1 fully saturated rings. The second-order valence-corrected chi connectivity index (χ2v) is 8.24. The second kappa shape index (κ2) is 11.9. The van der Waals surface area contributed by atoms with Crippen molar-refractivity contribution in [1.29, 1.82) is 0 Å². The molecule has 9 heteroatoms. The fourth-order valence-corrected chi connectivity index (χ4v) is 3.92. The smallest absolute Gasteiger partial charge is 0.321 e. The van der Waals surface area contributed by atoms with Crippen LogP contribution in [0.2, 0.25) is 0 Å². The molecule has 0 bridgehead atoms. The summed E-state index contributed by atoms with van der Waals surface area (Å²) in [6.07, 6.45) is 1.61. The number of hydrogen-bond donors (Lipinski definition) is 3. The lowest BCUT2D eigenvalue weighted by atomic mass is 10.0. The molecule has 1 saturated heterocycles. The molecule has 0 spiro atoms. The van der Waals surface area contributed by atoms with Crippen LogP contribution in [0.25, 0.3) is 0 Å². The van der Waals surface area contributed by atoms with Crippen LogP contribution in [0.3, 0.4) is 0 Å². The summed E-state index contributed by atoms with van der Waals surface area (Å²) in [5.41, 5.74) is 1.55. The molecule has 3 N–H and O–H groups in total. The summed E-state index contributed by atoms with van der Waals surface area (Å²) >= 11 is 0. The van der Waals surface area contributed by atoms with Crippen molar-refractivity contribution in [2.45, 2.75) is 38.3 Å². The molecule has 3 rings (SSSR count). The average molecular weight is 469 g/mol. The number of hydrogen-bond acceptors (Lipinski definition) is 5. The standard InChI is InChI=1S/C25H32N4O5/c1-17(30)26-23(15-18-6-4-8-21(14-18)33-2)24(31)27-19-10-12-29(13-11-19)25(32)28-20-7-5-9-22(16-20)34-3/h4-9,14,16,19,23H,10-13,15H2,1-3H3,(H,26,30)(H,27,31)(H,28,32)/t23-/m1/s1. The molecule has 0 radical (unpaired) electrons. The third-order valence-electron chi connectivity index (χ3n) is 5.72. The Bertz CT molecular complexity index is 1000. The number of benzene rings is 2. The molecule has 4 amide bonds. The van der Waals surface area contributed by atoms with E-state index in [0.29, 0.717) is 49.5 Å². The summed E-state index contributed by atoms with van der Waals surface area (Å²) < 4.78 is 10.4. The van der Waals surface area contributed by atoms with Gasteiger partial charge in [-0.05, 0) is 42.7 Å². The number of rotatable bonds is 8. The van der Waals surface area contributed by atoms with E-state index in [1.165, 1.54) is 6.92 Å². The molecule has 1 atom stereocenters. The highest BCUT2D eigenvalue weighted by Crippen LogP contribution is 2.19. The van der Waals surface area contributed by atoms with Gasteiger partial charge in [-0.3, -0.25) is 9.59 Å². The number of carbonyl (C=O) groups is 3. The molecule has 1 aliphatic rings. The SMILES string of the molecule is COc1cccc(C[C@@H](NC(C)=O)C(=O)NC2CCN(C(=O)Nc3cccc(OC)c3)CC2)c1. The van der Waals surface area contributed by atoms with E-state index < -0.39 is 6.04 Å². The van der Waals surface area contributed by atoms with Gasteiger partial charge in [-0.2, -0.15) is 0 Å². The lowest BCUT2D eigenvalue weighted by molar-refractivity contribution is -0.128. The van der Waals surface area contributed by atoms with Gasteiger partial charge in [-0.1, -0.05) is 18.2 Å². The molecule has 0 saturated carbocycles. The van der Waals surface area contributed by atoms with Crippen LogP contribution in [0.1, 0.15) is 25.3 Å². The molecule has 0 aliphatic carbocycles. The highest BCUT2D eigenvalue weighted by molar-refractivity contribution is 5.90.